The van der Waals surface area contributed by atoms with Crippen LogP contribution in [0.1, 0.15) is 63.9 Å². The fourth-order valence-electron chi connectivity index (χ4n) is 7.60. The number of sulfonamides is 1. The Bertz CT molecular complexity index is 2500. The van der Waals surface area contributed by atoms with E-state index in [1.165, 1.54) is 12.1 Å². The highest BCUT2D eigenvalue weighted by Gasteiger charge is 2.33. The molecule has 11 nitrogen and oxygen atoms in total. The molecule has 1 aliphatic rings. The number of hydrogen-bond acceptors (Lipinski definition) is 9. The van der Waals surface area contributed by atoms with E-state index in [-0.39, 0.29) is 42.4 Å². The molecular weight excluding hydrogens is 803 g/mol. The van der Waals surface area contributed by atoms with Crippen molar-refractivity contribution < 1.29 is 38.0 Å². The van der Waals surface area contributed by atoms with Gasteiger partial charge in [0.05, 0.1) is 29.8 Å². The lowest BCUT2D eigenvalue weighted by molar-refractivity contribution is -0.252. The van der Waals surface area contributed by atoms with Crippen LogP contribution in [-0.2, 0) is 43.9 Å². The summed E-state index contributed by atoms with van der Waals surface area (Å²) in [6, 6.07) is 44.9. The number of aromatic hydroxyl groups is 1. The minimum atomic E-state index is -3.98. The summed E-state index contributed by atoms with van der Waals surface area (Å²) in [5.41, 5.74) is 7.72. The lowest BCUT2D eigenvalue weighted by Crippen LogP contribution is -2.47. The number of aryl methyl sites for hydroxylation is 1. The first-order valence-corrected chi connectivity index (χ1v) is 22.2. The number of benzene rings is 6. The van der Waals surface area contributed by atoms with Crippen LogP contribution < -0.4 is 10.0 Å². The molecule has 5 atom stereocenters. The van der Waals surface area contributed by atoms with Crippen LogP contribution in [-0.4, -0.2) is 66.8 Å². The maximum Gasteiger partial charge on any atom is 0.241 e. The number of nitrogens with one attached hydrogen (secondary N) is 2. The van der Waals surface area contributed by atoms with Crippen LogP contribution in [0, 0.1) is 6.92 Å². The largest absolute Gasteiger partial charge is 0.508 e. The predicted molar refractivity (Wildman–Crippen MR) is 238 cm³/mol. The third-order valence-electron chi connectivity index (χ3n) is 11.0. The zero-order chi connectivity index (χ0) is 43.6. The number of phenols is 1. The van der Waals surface area contributed by atoms with E-state index in [0.717, 1.165) is 44.5 Å². The van der Waals surface area contributed by atoms with Gasteiger partial charge >= 0.3 is 0 Å². The molecular formula is C50H53N3O8S. The number of carbonyl (C=O) groups is 1. The molecule has 0 bridgehead atoms. The Morgan fingerprint density at radius 2 is 1.47 bits per heavy atom. The molecule has 0 saturated carbocycles. The van der Waals surface area contributed by atoms with Crippen LogP contribution in [0.3, 0.4) is 0 Å². The van der Waals surface area contributed by atoms with E-state index in [1.54, 1.807) is 36.4 Å². The van der Waals surface area contributed by atoms with Crippen molar-refractivity contribution in [3.8, 4) is 16.9 Å². The number of rotatable bonds is 17. The fraction of sp³-hybridized carbons (Fsp3) is 0.260. The summed E-state index contributed by atoms with van der Waals surface area (Å²) in [4.78, 5) is 15.8. The van der Waals surface area contributed by atoms with Gasteiger partial charge in [0.15, 0.2) is 6.29 Å². The van der Waals surface area contributed by atoms with Crippen LogP contribution in [0.4, 0.5) is 0 Å². The average Bonchev–Trinajstić information content (AvgIpc) is 3.28. The Labute approximate surface area is 363 Å². The van der Waals surface area contributed by atoms with Gasteiger partial charge in [-0.3, -0.25) is 4.79 Å². The van der Waals surface area contributed by atoms with Crippen molar-refractivity contribution in [2.24, 2.45) is 0 Å². The van der Waals surface area contributed by atoms with E-state index in [0.29, 0.717) is 25.1 Å². The van der Waals surface area contributed by atoms with Crippen LogP contribution in [0.25, 0.3) is 11.1 Å². The standard InChI is InChI=1S/C50H53N3O8S/c1-34-14-24-45(25-15-34)62(58,59)52-46(27-35-8-4-3-5-9-35)49(57)51-30-37-10-6-11-41(26-37)38-20-22-40(23-21-38)50-60-44(29-48(61-50)39-18-16-36(33-54)17-19-39)31-53(2)32-47(56)42-12-7-13-43(55)28-42/h3-26,28,44,46-48,50,52,54-56H,27,29-33H2,1-2H3,(H,51,57)/t44-,46-,47-,48+,50+/m1/s1. The molecule has 0 aromatic heterocycles. The van der Waals surface area contributed by atoms with Gasteiger partial charge in [-0.1, -0.05) is 127 Å². The van der Waals surface area contributed by atoms with E-state index >= 15 is 0 Å². The van der Waals surface area contributed by atoms with Crippen molar-refractivity contribution >= 4 is 15.9 Å². The summed E-state index contributed by atoms with van der Waals surface area (Å²) in [5.74, 6) is -0.337. The molecule has 5 N–H and O–H groups in total. The number of hydrogen-bond donors (Lipinski definition) is 5. The SMILES string of the molecule is Cc1ccc(S(=O)(=O)N[C@H](Cc2ccccc2)C(=O)NCc2cccc(-c3ccc([C@H]4O[C@@H](CN(C)C[C@@H](O)c5cccc(O)c5)C[C@@H](c5ccc(CO)cc5)O4)cc3)c2)cc1. The van der Waals surface area contributed by atoms with Gasteiger partial charge in [0.2, 0.25) is 15.9 Å². The Kier molecular flexibility index (Phi) is 14.6. The van der Waals surface area contributed by atoms with Crippen molar-refractivity contribution in [2.75, 3.05) is 20.1 Å². The predicted octanol–water partition coefficient (Wildman–Crippen LogP) is 7.28. The van der Waals surface area contributed by atoms with E-state index in [9.17, 15) is 28.5 Å². The summed E-state index contributed by atoms with van der Waals surface area (Å²) in [5, 5.41) is 33.4. The van der Waals surface area contributed by atoms with Gasteiger partial charge in [-0.15, -0.1) is 0 Å². The zero-order valence-electron chi connectivity index (χ0n) is 34.8. The number of phenolic OH excluding ortho intramolecular Hbond substituents is 1. The second-order valence-corrected chi connectivity index (χ2v) is 17.6. The van der Waals surface area contributed by atoms with Gasteiger partial charge in [-0.25, -0.2) is 8.42 Å². The van der Waals surface area contributed by atoms with Crippen LogP contribution in [0.2, 0.25) is 0 Å². The minimum Gasteiger partial charge on any atom is -0.508 e. The molecule has 0 unspecified atom stereocenters. The highest BCUT2D eigenvalue weighted by molar-refractivity contribution is 7.89. The number of nitrogens with zero attached hydrogens (tertiary/aromatic N) is 1. The number of amides is 1. The van der Waals surface area contributed by atoms with Crippen molar-refractivity contribution in [3.63, 3.8) is 0 Å². The number of ether oxygens (including phenoxy) is 2. The number of carbonyl (C=O) groups excluding carboxylic acids is 1. The Morgan fingerprint density at radius 1 is 0.774 bits per heavy atom. The molecule has 1 heterocycles. The van der Waals surface area contributed by atoms with Crippen LogP contribution >= 0.6 is 0 Å². The molecule has 1 saturated heterocycles. The molecule has 62 heavy (non-hydrogen) atoms. The van der Waals surface area contributed by atoms with Crippen molar-refractivity contribution in [3.05, 3.63) is 191 Å². The average molecular weight is 856 g/mol. The third kappa shape index (κ3) is 11.8. The molecule has 6 aromatic carbocycles. The van der Waals surface area contributed by atoms with E-state index < -0.39 is 34.4 Å². The highest BCUT2D eigenvalue weighted by atomic mass is 32.2. The van der Waals surface area contributed by atoms with E-state index in [4.69, 9.17) is 9.47 Å². The van der Waals surface area contributed by atoms with Crippen molar-refractivity contribution in [1.29, 1.82) is 0 Å². The first-order chi connectivity index (χ1) is 29.9. The molecule has 6 aromatic rings. The third-order valence-corrected chi connectivity index (χ3v) is 12.5. The topological polar surface area (TPSA) is 158 Å². The molecule has 1 aliphatic heterocycles. The first-order valence-electron chi connectivity index (χ1n) is 20.7. The maximum absolute atomic E-state index is 13.7. The van der Waals surface area contributed by atoms with E-state index in [2.05, 4.69) is 10.0 Å². The van der Waals surface area contributed by atoms with Gasteiger partial charge in [0, 0.05) is 31.6 Å². The van der Waals surface area contributed by atoms with Gasteiger partial charge in [-0.05, 0) is 89.7 Å². The number of aliphatic hydroxyl groups is 2. The molecule has 1 fully saturated rings. The van der Waals surface area contributed by atoms with Crippen LogP contribution in [0.15, 0.2) is 157 Å². The second-order valence-electron chi connectivity index (χ2n) is 15.9. The molecule has 0 radical (unpaired) electrons. The van der Waals surface area contributed by atoms with Crippen molar-refractivity contribution in [1.82, 2.24) is 14.9 Å². The quantitative estimate of drug-likeness (QED) is 0.0637. The van der Waals surface area contributed by atoms with E-state index in [1.807, 2.05) is 122 Å². The molecule has 7 rings (SSSR count). The van der Waals surface area contributed by atoms with Gasteiger partial charge in [0.1, 0.15) is 11.8 Å². The summed E-state index contributed by atoms with van der Waals surface area (Å²) in [6.07, 6.45) is -1.25. The smallest absolute Gasteiger partial charge is 0.241 e. The minimum absolute atomic E-state index is 0.0511. The Morgan fingerprint density at radius 3 is 2.18 bits per heavy atom. The molecule has 1 amide bonds. The molecule has 0 spiro atoms. The monoisotopic (exact) mass is 855 g/mol. The summed E-state index contributed by atoms with van der Waals surface area (Å²) >= 11 is 0. The van der Waals surface area contributed by atoms with Gasteiger partial charge < -0.3 is 35.0 Å². The Balaban J connectivity index is 1.03. The molecule has 322 valence electrons. The van der Waals surface area contributed by atoms with Crippen molar-refractivity contribution in [2.45, 2.75) is 68.5 Å². The molecule has 0 aliphatic carbocycles. The fourth-order valence-corrected chi connectivity index (χ4v) is 8.80. The van der Waals surface area contributed by atoms with Gasteiger partial charge in [-0.2, -0.15) is 4.72 Å². The lowest BCUT2D eigenvalue weighted by Gasteiger charge is -2.38. The normalized spacial score (nSPS) is 17.7. The number of aliphatic hydroxyl groups excluding tert-OH is 2. The first kappa shape index (κ1) is 44.4. The highest BCUT2D eigenvalue weighted by Crippen LogP contribution is 2.39. The summed E-state index contributed by atoms with van der Waals surface area (Å²) in [6.45, 7) is 2.88. The Hall–Kier alpha value is -5.70. The summed E-state index contributed by atoms with van der Waals surface area (Å²) < 4.78 is 42.5. The lowest BCUT2D eigenvalue weighted by atomic mass is 9.98. The summed E-state index contributed by atoms with van der Waals surface area (Å²) in [7, 11) is -2.05. The van der Waals surface area contributed by atoms with Gasteiger partial charge in [0.25, 0.3) is 0 Å². The maximum atomic E-state index is 13.7. The second kappa shape index (κ2) is 20.4. The number of likely N-dealkylation sites (N-methyl/N-ethyl adjacent to an activating group) is 1. The molecule has 12 heteroatoms. The zero-order valence-corrected chi connectivity index (χ0v) is 35.6. The van der Waals surface area contributed by atoms with Crippen LogP contribution in [0.5, 0.6) is 5.75 Å².